The monoisotopic (exact) mass is 450 g/mol. The Balaban J connectivity index is 1.95. The lowest BCUT2D eigenvalue weighted by Gasteiger charge is -2.18. The number of rotatable bonds is 6. The van der Waals surface area contributed by atoms with Crippen molar-refractivity contribution in [2.45, 2.75) is 38.0 Å². The van der Waals surface area contributed by atoms with Crippen molar-refractivity contribution in [2.75, 3.05) is 26.0 Å². The van der Waals surface area contributed by atoms with Crippen LogP contribution in [0.4, 0.5) is 5.00 Å². The summed E-state index contributed by atoms with van der Waals surface area (Å²) in [7, 11) is -0.791. The zero-order valence-electron chi connectivity index (χ0n) is 17.5. The third kappa shape index (κ3) is 4.43. The topological polar surface area (TPSA) is 92.8 Å². The number of carbonyl (C=O) groups is 2. The van der Waals surface area contributed by atoms with Gasteiger partial charge in [0.1, 0.15) is 5.00 Å². The number of hydrogen-bond donors (Lipinski definition) is 1. The average Bonchev–Trinajstić information content (AvgIpc) is 3.04. The molecule has 162 valence electrons. The number of sulfonamides is 1. The highest BCUT2D eigenvalue weighted by Crippen LogP contribution is 2.40. The van der Waals surface area contributed by atoms with E-state index >= 15 is 0 Å². The van der Waals surface area contributed by atoms with Crippen LogP contribution in [-0.2, 0) is 27.6 Å². The SMILES string of the molecule is CCOC(=O)c1c(NC(=O)c2cccc(S(=O)(=O)N(C)C)c2)sc2c1CC[C@@H](C)C2. The Hall–Kier alpha value is -2.23. The molecule has 0 bridgehead atoms. The standard InChI is InChI=1S/C21H26N2O5S2/c1-5-28-21(25)18-16-10-9-13(2)11-17(16)29-20(18)22-19(24)14-7-6-8-15(12-14)30(26,27)23(3)4/h6-8,12-13H,5,9-11H2,1-4H3,(H,22,24)/t13-/m1/s1. The molecule has 1 aliphatic rings. The maximum Gasteiger partial charge on any atom is 0.341 e. The third-order valence-corrected chi connectivity index (χ3v) is 8.07. The Labute approximate surface area is 181 Å². The number of carbonyl (C=O) groups excluding carboxylic acids is 2. The number of ether oxygens (including phenoxy) is 1. The van der Waals surface area contributed by atoms with Crippen LogP contribution in [0.15, 0.2) is 29.2 Å². The van der Waals surface area contributed by atoms with Crippen molar-refractivity contribution in [3.05, 3.63) is 45.8 Å². The summed E-state index contributed by atoms with van der Waals surface area (Å²) in [4.78, 5) is 26.6. The number of anilines is 1. The third-order valence-electron chi connectivity index (χ3n) is 5.09. The molecule has 9 heteroatoms. The summed E-state index contributed by atoms with van der Waals surface area (Å²) in [6.07, 6.45) is 2.61. The van der Waals surface area contributed by atoms with Crippen LogP contribution in [0.3, 0.4) is 0 Å². The normalized spacial score (nSPS) is 16.2. The second-order valence-corrected chi connectivity index (χ2v) is 10.8. The summed E-state index contributed by atoms with van der Waals surface area (Å²) >= 11 is 1.40. The van der Waals surface area contributed by atoms with Gasteiger partial charge in [0, 0.05) is 24.5 Å². The van der Waals surface area contributed by atoms with Crippen molar-refractivity contribution in [1.82, 2.24) is 4.31 Å². The lowest BCUT2D eigenvalue weighted by atomic mass is 9.88. The van der Waals surface area contributed by atoms with Crippen LogP contribution in [0, 0.1) is 5.92 Å². The van der Waals surface area contributed by atoms with E-state index in [0.717, 1.165) is 34.0 Å². The van der Waals surface area contributed by atoms with Gasteiger partial charge in [-0.25, -0.2) is 17.5 Å². The second kappa shape index (κ2) is 8.87. The van der Waals surface area contributed by atoms with Crippen LogP contribution in [-0.4, -0.2) is 45.3 Å². The molecule has 2 aromatic rings. The number of thiophene rings is 1. The number of benzene rings is 1. The van der Waals surface area contributed by atoms with Gasteiger partial charge in [0.05, 0.1) is 17.1 Å². The minimum absolute atomic E-state index is 0.0325. The minimum Gasteiger partial charge on any atom is -0.462 e. The number of amides is 1. The molecule has 3 rings (SSSR count). The van der Waals surface area contributed by atoms with E-state index in [2.05, 4.69) is 12.2 Å². The van der Waals surface area contributed by atoms with Gasteiger partial charge in [0.25, 0.3) is 5.91 Å². The predicted molar refractivity (Wildman–Crippen MR) is 117 cm³/mol. The molecule has 0 aliphatic heterocycles. The largest absolute Gasteiger partial charge is 0.462 e. The molecule has 1 amide bonds. The summed E-state index contributed by atoms with van der Waals surface area (Å²) in [5.74, 6) is -0.394. The summed E-state index contributed by atoms with van der Waals surface area (Å²) in [5, 5.41) is 3.27. The van der Waals surface area contributed by atoms with Gasteiger partial charge in [-0.15, -0.1) is 11.3 Å². The lowest BCUT2D eigenvalue weighted by Crippen LogP contribution is -2.23. The highest BCUT2D eigenvalue weighted by atomic mass is 32.2. The maximum absolute atomic E-state index is 12.9. The highest BCUT2D eigenvalue weighted by molar-refractivity contribution is 7.89. The van der Waals surface area contributed by atoms with Crippen molar-refractivity contribution in [3.63, 3.8) is 0 Å². The fourth-order valence-corrected chi connectivity index (χ4v) is 5.78. The quantitative estimate of drug-likeness (QED) is 0.680. The summed E-state index contributed by atoms with van der Waals surface area (Å²) < 4.78 is 31.1. The fourth-order valence-electron chi connectivity index (χ4n) is 3.44. The first-order chi connectivity index (χ1) is 14.1. The Morgan fingerprint density at radius 3 is 2.70 bits per heavy atom. The molecule has 1 aliphatic carbocycles. The first-order valence-electron chi connectivity index (χ1n) is 9.80. The number of nitrogens with zero attached hydrogens (tertiary/aromatic N) is 1. The van der Waals surface area contributed by atoms with E-state index < -0.39 is 21.9 Å². The zero-order chi connectivity index (χ0) is 22.1. The molecule has 1 heterocycles. The van der Waals surface area contributed by atoms with E-state index in [1.807, 2.05) is 0 Å². The summed E-state index contributed by atoms with van der Waals surface area (Å²) in [6.45, 7) is 4.16. The molecule has 7 nitrogen and oxygen atoms in total. The molecule has 1 aromatic carbocycles. The first-order valence-corrected chi connectivity index (χ1v) is 12.1. The Morgan fingerprint density at radius 1 is 1.30 bits per heavy atom. The van der Waals surface area contributed by atoms with Gasteiger partial charge in [-0.2, -0.15) is 0 Å². The molecule has 0 saturated heterocycles. The van der Waals surface area contributed by atoms with Crippen LogP contribution in [0.2, 0.25) is 0 Å². The number of hydrogen-bond acceptors (Lipinski definition) is 6. The number of esters is 1. The van der Waals surface area contributed by atoms with Gasteiger partial charge in [0.2, 0.25) is 10.0 Å². The Bertz CT molecular complexity index is 1070. The van der Waals surface area contributed by atoms with Crippen LogP contribution < -0.4 is 5.32 Å². The Morgan fingerprint density at radius 2 is 2.03 bits per heavy atom. The fraction of sp³-hybridized carbons (Fsp3) is 0.429. The molecule has 30 heavy (non-hydrogen) atoms. The molecule has 1 aromatic heterocycles. The molecule has 0 fully saturated rings. The molecular formula is C21H26N2O5S2. The van der Waals surface area contributed by atoms with E-state index in [1.165, 1.54) is 43.6 Å². The summed E-state index contributed by atoms with van der Waals surface area (Å²) in [6, 6.07) is 5.86. The van der Waals surface area contributed by atoms with Crippen molar-refractivity contribution in [3.8, 4) is 0 Å². The van der Waals surface area contributed by atoms with Gasteiger partial charge >= 0.3 is 5.97 Å². The van der Waals surface area contributed by atoms with Gasteiger partial charge in [-0.3, -0.25) is 4.79 Å². The van der Waals surface area contributed by atoms with Gasteiger partial charge < -0.3 is 10.1 Å². The maximum atomic E-state index is 12.9. The smallest absolute Gasteiger partial charge is 0.341 e. The van der Waals surface area contributed by atoms with E-state index in [1.54, 1.807) is 13.0 Å². The van der Waals surface area contributed by atoms with Crippen molar-refractivity contribution in [2.24, 2.45) is 5.92 Å². The van der Waals surface area contributed by atoms with Gasteiger partial charge in [-0.1, -0.05) is 13.0 Å². The molecular weight excluding hydrogens is 424 g/mol. The zero-order valence-corrected chi connectivity index (χ0v) is 19.2. The van der Waals surface area contributed by atoms with E-state index in [9.17, 15) is 18.0 Å². The number of nitrogens with one attached hydrogen (secondary N) is 1. The average molecular weight is 451 g/mol. The van der Waals surface area contributed by atoms with Crippen LogP contribution in [0.1, 0.15) is 51.4 Å². The van der Waals surface area contributed by atoms with E-state index in [4.69, 9.17) is 4.74 Å². The van der Waals surface area contributed by atoms with Gasteiger partial charge in [-0.05, 0) is 55.9 Å². The first kappa shape index (κ1) is 22.5. The van der Waals surface area contributed by atoms with Crippen LogP contribution >= 0.6 is 11.3 Å². The second-order valence-electron chi connectivity index (χ2n) is 7.55. The predicted octanol–water partition coefficient (Wildman–Crippen LogP) is 3.55. The highest BCUT2D eigenvalue weighted by Gasteiger charge is 2.29. The van der Waals surface area contributed by atoms with Crippen molar-refractivity contribution >= 4 is 38.2 Å². The molecule has 0 unspecified atom stereocenters. The van der Waals surface area contributed by atoms with E-state index in [0.29, 0.717) is 16.5 Å². The minimum atomic E-state index is -3.66. The molecule has 0 radical (unpaired) electrons. The van der Waals surface area contributed by atoms with Crippen molar-refractivity contribution < 1.29 is 22.7 Å². The van der Waals surface area contributed by atoms with Crippen molar-refractivity contribution in [1.29, 1.82) is 0 Å². The molecule has 1 atom stereocenters. The van der Waals surface area contributed by atoms with Crippen LogP contribution in [0.5, 0.6) is 0 Å². The number of fused-ring (bicyclic) bond motifs is 1. The van der Waals surface area contributed by atoms with E-state index in [-0.39, 0.29) is 17.1 Å². The summed E-state index contributed by atoms with van der Waals surface area (Å²) in [5.41, 5.74) is 1.58. The van der Waals surface area contributed by atoms with Gasteiger partial charge in [0.15, 0.2) is 0 Å². The molecule has 0 spiro atoms. The molecule has 1 N–H and O–H groups in total. The van der Waals surface area contributed by atoms with Crippen LogP contribution in [0.25, 0.3) is 0 Å². The lowest BCUT2D eigenvalue weighted by molar-refractivity contribution is 0.0526. The Kier molecular flexibility index (Phi) is 6.64. The molecule has 0 saturated carbocycles.